The van der Waals surface area contributed by atoms with E-state index in [2.05, 4.69) is 16.7 Å². The molecule has 0 aliphatic heterocycles. The summed E-state index contributed by atoms with van der Waals surface area (Å²) in [6, 6.07) is 6.29. The minimum absolute atomic E-state index is 0.340. The third-order valence-corrected chi connectivity index (χ3v) is 3.14. The summed E-state index contributed by atoms with van der Waals surface area (Å²) in [5, 5.41) is 7.13. The van der Waals surface area contributed by atoms with E-state index in [9.17, 15) is 0 Å². The Bertz CT molecular complexity index is 344. The van der Waals surface area contributed by atoms with Gasteiger partial charge in [0.2, 0.25) is 0 Å². The molecular weight excluding hydrogens is 236 g/mol. The molecule has 1 atom stereocenters. The van der Waals surface area contributed by atoms with Crippen LogP contribution in [0.2, 0.25) is 5.02 Å². The van der Waals surface area contributed by atoms with Gasteiger partial charge in [-0.1, -0.05) is 17.7 Å². The lowest BCUT2D eigenvalue weighted by atomic mass is 10.0. The zero-order chi connectivity index (χ0) is 12.7. The molecule has 0 aliphatic carbocycles. The maximum Gasteiger partial charge on any atom is 0.137 e. The third-order valence-electron chi connectivity index (χ3n) is 2.85. The topological polar surface area (TPSA) is 33.3 Å². The summed E-state index contributed by atoms with van der Waals surface area (Å²) < 4.78 is 5.15. The van der Waals surface area contributed by atoms with E-state index in [1.807, 2.05) is 26.2 Å². The molecule has 3 nitrogen and oxygen atoms in total. The van der Waals surface area contributed by atoms with E-state index in [0.717, 1.165) is 25.1 Å². The fourth-order valence-corrected chi connectivity index (χ4v) is 2.13. The van der Waals surface area contributed by atoms with E-state index in [1.165, 1.54) is 5.56 Å². The van der Waals surface area contributed by atoms with Crippen molar-refractivity contribution in [3.8, 4) is 5.75 Å². The molecule has 4 heteroatoms. The van der Waals surface area contributed by atoms with Crippen LogP contribution in [0.15, 0.2) is 18.2 Å². The van der Waals surface area contributed by atoms with Crippen molar-refractivity contribution in [1.82, 2.24) is 10.6 Å². The van der Waals surface area contributed by atoms with Crippen LogP contribution in [0, 0.1) is 0 Å². The summed E-state index contributed by atoms with van der Waals surface area (Å²) in [6.07, 6.45) is 2.21. The summed E-state index contributed by atoms with van der Waals surface area (Å²) in [5.41, 5.74) is 1.20. The van der Waals surface area contributed by atoms with E-state index in [4.69, 9.17) is 16.3 Å². The molecule has 0 fully saturated rings. The van der Waals surface area contributed by atoms with E-state index < -0.39 is 0 Å². The Morgan fingerprint density at radius 1 is 1.35 bits per heavy atom. The van der Waals surface area contributed by atoms with Gasteiger partial charge in [0.05, 0.1) is 12.1 Å². The van der Waals surface area contributed by atoms with Gasteiger partial charge in [-0.25, -0.2) is 0 Å². The van der Waals surface area contributed by atoms with Crippen LogP contribution in [0.1, 0.15) is 24.4 Å². The van der Waals surface area contributed by atoms with Gasteiger partial charge in [0, 0.05) is 6.04 Å². The van der Waals surface area contributed by atoms with Crippen LogP contribution in [0.3, 0.4) is 0 Å². The highest BCUT2D eigenvalue weighted by Crippen LogP contribution is 2.28. The molecule has 1 aromatic rings. The van der Waals surface area contributed by atoms with E-state index >= 15 is 0 Å². The maximum absolute atomic E-state index is 6.13. The van der Waals surface area contributed by atoms with Gasteiger partial charge >= 0.3 is 0 Å². The fraction of sp³-hybridized carbons (Fsp3) is 0.538. The molecule has 0 bridgehead atoms. The first-order chi connectivity index (χ1) is 8.22. The monoisotopic (exact) mass is 256 g/mol. The average molecular weight is 257 g/mol. The highest BCUT2D eigenvalue weighted by Gasteiger charge is 2.10. The first kappa shape index (κ1) is 14.3. The SMILES string of the molecule is CNCCCC(NC)c1ccc(OC)c(Cl)c1. The summed E-state index contributed by atoms with van der Waals surface area (Å²) >= 11 is 6.13. The normalized spacial score (nSPS) is 12.5. The van der Waals surface area contributed by atoms with Crippen molar-refractivity contribution in [3.63, 3.8) is 0 Å². The molecule has 0 radical (unpaired) electrons. The van der Waals surface area contributed by atoms with Gasteiger partial charge in [0.1, 0.15) is 5.75 Å². The van der Waals surface area contributed by atoms with Crippen molar-refractivity contribution in [2.24, 2.45) is 0 Å². The highest BCUT2D eigenvalue weighted by atomic mass is 35.5. The molecule has 17 heavy (non-hydrogen) atoms. The Labute approximate surface area is 109 Å². The molecule has 0 aromatic heterocycles. The zero-order valence-electron chi connectivity index (χ0n) is 10.7. The van der Waals surface area contributed by atoms with Crippen LogP contribution in [0.4, 0.5) is 0 Å². The minimum atomic E-state index is 0.340. The maximum atomic E-state index is 6.13. The van der Waals surface area contributed by atoms with Crippen molar-refractivity contribution in [3.05, 3.63) is 28.8 Å². The smallest absolute Gasteiger partial charge is 0.137 e. The Hall–Kier alpha value is -0.770. The molecule has 1 aromatic carbocycles. The largest absolute Gasteiger partial charge is 0.495 e. The van der Waals surface area contributed by atoms with Crippen molar-refractivity contribution < 1.29 is 4.74 Å². The lowest BCUT2D eigenvalue weighted by Gasteiger charge is -2.17. The van der Waals surface area contributed by atoms with Crippen LogP contribution in [0.5, 0.6) is 5.75 Å². The van der Waals surface area contributed by atoms with Gasteiger partial charge in [-0.05, 0) is 51.2 Å². The molecule has 0 heterocycles. The number of rotatable bonds is 7. The summed E-state index contributed by atoms with van der Waals surface area (Å²) in [4.78, 5) is 0. The molecular formula is C13H21ClN2O. The number of halogens is 1. The molecule has 1 unspecified atom stereocenters. The van der Waals surface area contributed by atoms with Crippen LogP contribution in [0.25, 0.3) is 0 Å². The first-order valence-corrected chi connectivity index (χ1v) is 6.26. The number of benzene rings is 1. The van der Waals surface area contributed by atoms with Crippen LogP contribution in [-0.2, 0) is 0 Å². The van der Waals surface area contributed by atoms with Crippen molar-refractivity contribution in [2.75, 3.05) is 27.7 Å². The molecule has 1 rings (SSSR count). The molecule has 0 spiro atoms. The van der Waals surface area contributed by atoms with Gasteiger partial charge in [0.25, 0.3) is 0 Å². The van der Waals surface area contributed by atoms with E-state index in [-0.39, 0.29) is 0 Å². The molecule has 96 valence electrons. The molecule has 0 amide bonds. The summed E-state index contributed by atoms with van der Waals surface area (Å²) in [6.45, 7) is 1.03. The van der Waals surface area contributed by atoms with Crippen molar-refractivity contribution in [2.45, 2.75) is 18.9 Å². The quantitative estimate of drug-likeness (QED) is 0.736. The number of hydrogen-bond donors (Lipinski definition) is 2. The average Bonchev–Trinajstić information content (AvgIpc) is 2.35. The number of ether oxygens (including phenoxy) is 1. The van der Waals surface area contributed by atoms with Gasteiger partial charge in [-0.15, -0.1) is 0 Å². The molecule has 0 saturated heterocycles. The Morgan fingerprint density at radius 2 is 2.12 bits per heavy atom. The van der Waals surface area contributed by atoms with Crippen molar-refractivity contribution in [1.29, 1.82) is 0 Å². The first-order valence-electron chi connectivity index (χ1n) is 5.88. The number of hydrogen-bond acceptors (Lipinski definition) is 3. The molecule has 2 N–H and O–H groups in total. The number of nitrogens with one attached hydrogen (secondary N) is 2. The second-order valence-electron chi connectivity index (χ2n) is 3.98. The van der Waals surface area contributed by atoms with Gasteiger partial charge in [-0.3, -0.25) is 0 Å². The third kappa shape index (κ3) is 4.19. The number of methoxy groups -OCH3 is 1. The van der Waals surface area contributed by atoms with Crippen LogP contribution >= 0.6 is 11.6 Å². The van der Waals surface area contributed by atoms with Crippen LogP contribution < -0.4 is 15.4 Å². The highest BCUT2D eigenvalue weighted by molar-refractivity contribution is 6.32. The fourth-order valence-electron chi connectivity index (χ4n) is 1.86. The second kappa shape index (κ2) is 7.54. The predicted octanol–water partition coefficient (Wildman–Crippen LogP) is 2.61. The molecule has 0 aliphatic rings. The van der Waals surface area contributed by atoms with Crippen molar-refractivity contribution >= 4 is 11.6 Å². The van der Waals surface area contributed by atoms with Gasteiger partial charge in [0.15, 0.2) is 0 Å². The lowest BCUT2D eigenvalue weighted by Crippen LogP contribution is -2.18. The summed E-state index contributed by atoms with van der Waals surface area (Å²) in [5.74, 6) is 0.723. The van der Waals surface area contributed by atoms with E-state index in [0.29, 0.717) is 11.1 Å². The Kier molecular flexibility index (Phi) is 6.34. The molecule has 0 saturated carbocycles. The Balaban J connectivity index is 2.71. The Morgan fingerprint density at radius 3 is 2.65 bits per heavy atom. The second-order valence-corrected chi connectivity index (χ2v) is 4.39. The van der Waals surface area contributed by atoms with E-state index in [1.54, 1.807) is 7.11 Å². The predicted molar refractivity (Wildman–Crippen MR) is 73.0 cm³/mol. The summed E-state index contributed by atoms with van der Waals surface area (Å²) in [7, 11) is 5.57. The minimum Gasteiger partial charge on any atom is -0.495 e. The van der Waals surface area contributed by atoms with Gasteiger partial charge < -0.3 is 15.4 Å². The zero-order valence-corrected chi connectivity index (χ0v) is 11.5. The van der Waals surface area contributed by atoms with Gasteiger partial charge in [-0.2, -0.15) is 0 Å². The lowest BCUT2D eigenvalue weighted by molar-refractivity contribution is 0.414. The standard InChI is InChI=1S/C13H21ClN2O/c1-15-8-4-5-12(16-2)10-6-7-13(17-3)11(14)9-10/h6-7,9,12,15-16H,4-5,8H2,1-3H3. The van der Waals surface area contributed by atoms with Crippen LogP contribution in [-0.4, -0.2) is 27.7 Å².